The minimum atomic E-state index is -0.365. The van der Waals surface area contributed by atoms with Crippen molar-refractivity contribution in [3.63, 3.8) is 0 Å². The topological polar surface area (TPSA) is 9.23 Å². The Kier molecular flexibility index (Phi) is 7.88. The van der Waals surface area contributed by atoms with Gasteiger partial charge in [-0.1, -0.05) is 0 Å². The van der Waals surface area contributed by atoms with Crippen LogP contribution in [0, 0.1) is 11.9 Å². The third-order valence-corrected chi connectivity index (χ3v) is 1.19. The number of ether oxygens (including phenoxy) is 1. The first-order valence-electron chi connectivity index (χ1n) is 3.84. The summed E-state index contributed by atoms with van der Waals surface area (Å²) in [4.78, 5) is 0. The minimum Gasteiger partial charge on any atom is -1.00 e. The van der Waals surface area contributed by atoms with Gasteiger partial charge in [0.15, 0.2) is 0 Å². The van der Waals surface area contributed by atoms with Crippen LogP contribution in [-0.4, -0.2) is 28.7 Å². The monoisotopic (exact) mass is 270 g/mol. The molecule has 0 N–H and O–H groups in total. The fourth-order valence-corrected chi connectivity index (χ4v) is 0.804. The zero-order chi connectivity index (χ0) is 9.19. The molecule has 1 aromatic carbocycles. The van der Waals surface area contributed by atoms with Gasteiger partial charge in [0.25, 0.3) is 0 Å². The third kappa shape index (κ3) is 5.83. The van der Waals surface area contributed by atoms with E-state index >= 15 is 0 Å². The van der Waals surface area contributed by atoms with Crippen LogP contribution in [0.3, 0.4) is 0 Å². The van der Waals surface area contributed by atoms with Crippen molar-refractivity contribution in [2.24, 2.45) is 0 Å². The molecule has 0 radical (unpaired) electrons. The van der Waals surface area contributed by atoms with Gasteiger partial charge in [-0.15, -0.1) is 12.1 Å². The van der Waals surface area contributed by atoms with Gasteiger partial charge < -0.3 is 21.7 Å². The minimum absolute atomic E-state index is 0. The maximum Gasteiger partial charge on any atom is 2.00 e. The van der Waals surface area contributed by atoms with Gasteiger partial charge >= 0.3 is 23.1 Å². The van der Waals surface area contributed by atoms with Crippen molar-refractivity contribution in [3.8, 4) is 5.75 Å². The average molecular weight is 271 g/mol. The summed E-state index contributed by atoms with van der Waals surface area (Å²) in [6.45, 7) is 5.62. The van der Waals surface area contributed by atoms with E-state index in [1.54, 1.807) is 0 Å². The summed E-state index contributed by atoms with van der Waals surface area (Å²) in [6, 6.07) is 7.11. The fourth-order valence-electron chi connectivity index (χ4n) is 0.804. The molecule has 0 saturated heterocycles. The van der Waals surface area contributed by atoms with E-state index in [-0.39, 0.29) is 57.2 Å². The van der Waals surface area contributed by atoms with Crippen LogP contribution in [0.1, 0.15) is 20.8 Å². The van der Waals surface area contributed by atoms with Gasteiger partial charge in [0.05, 0.1) is 11.4 Å². The maximum absolute atomic E-state index is 13.0. The Labute approximate surface area is 111 Å². The first-order chi connectivity index (χ1) is 5.49. The molecule has 74 valence electrons. The Hall–Kier alpha value is 0.196. The van der Waals surface area contributed by atoms with Gasteiger partial charge in [0, 0.05) is 5.75 Å². The van der Waals surface area contributed by atoms with Gasteiger partial charge in [0.1, 0.15) is 0 Å². The van der Waals surface area contributed by atoms with Crippen molar-refractivity contribution in [3.05, 3.63) is 30.1 Å². The molecule has 0 saturated carbocycles. The van der Waals surface area contributed by atoms with Gasteiger partial charge in [-0.25, -0.2) is 4.39 Å². The number of hydrogen-bond acceptors (Lipinski definition) is 1. The summed E-state index contributed by atoms with van der Waals surface area (Å²) < 4.78 is 18.3. The molecule has 0 bridgehead atoms. The third-order valence-electron chi connectivity index (χ3n) is 1.19. The average Bonchev–Trinajstić information content (AvgIpc) is 1.91. The van der Waals surface area contributed by atoms with E-state index in [0.717, 1.165) is 0 Å². The van der Waals surface area contributed by atoms with Crippen LogP contribution in [0.5, 0.6) is 5.75 Å². The van der Waals surface area contributed by atoms with Gasteiger partial charge in [-0.05, 0) is 20.8 Å². The molecule has 0 aromatic heterocycles. The molecular formula is C10H12BrFMgO. The van der Waals surface area contributed by atoms with Crippen LogP contribution in [0.4, 0.5) is 4.39 Å². The first-order valence-corrected chi connectivity index (χ1v) is 3.84. The molecule has 0 atom stereocenters. The van der Waals surface area contributed by atoms with Crippen LogP contribution in [0.2, 0.25) is 0 Å². The standard InChI is InChI=1S/C10H12FO.BrH.Mg/c1-10(2,3)12-9-7-5-4-6-8(9)11;;/h4,6-7H,1-3H3;1H;/q-1;;+2/p-1. The summed E-state index contributed by atoms with van der Waals surface area (Å²) >= 11 is 0. The zero-order valence-corrected chi connectivity index (χ0v) is 11.6. The van der Waals surface area contributed by atoms with Crippen LogP contribution >= 0.6 is 0 Å². The van der Waals surface area contributed by atoms with Crippen molar-refractivity contribution < 1.29 is 26.1 Å². The molecule has 14 heavy (non-hydrogen) atoms. The molecule has 4 heteroatoms. The van der Waals surface area contributed by atoms with E-state index in [1.165, 1.54) is 18.2 Å². The summed E-state index contributed by atoms with van der Waals surface area (Å²) in [7, 11) is 0. The van der Waals surface area contributed by atoms with Crippen molar-refractivity contribution in [1.29, 1.82) is 0 Å². The molecule has 0 aliphatic rings. The van der Waals surface area contributed by atoms with Gasteiger partial charge in [-0.3, -0.25) is 0 Å². The summed E-state index contributed by atoms with van der Waals surface area (Å²) in [6.07, 6.45) is 0. The number of rotatable bonds is 1. The van der Waals surface area contributed by atoms with Crippen molar-refractivity contribution in [2.45, 2.75) is 26.4 Å². The number of benzene rings is 1. The van der Waals surface area contributed by atoms with E-state index in [9.17, 15) is 4.39 Å². The largest absolute Gasteiger partial charge is 2.00 e. The Morgan fingerprint density at radius 3 is 2.36 bits per heavy atom. The van der Waals surface area contributed by atoms with Crippen LogP contribution in [-0.2, 0) is 0 Å². The van der Waals surface area contributed by atoms with Crippen LogP contribution in [0.15, 0.2) is 18.2 Å². The van der Waals surface area contributed by atoms with Crippen LogP contribution in [0.25, 0.3) is 0 Å². The summed E-state index contributed by atoms with van der Waals surface area (Å²) in [5.74, 6) is -0.0892. The van der Waals surface area contributed by atoms with Crippen LogP contribution < -0.4 is 21.7 Å². The van der Waals surface area contributed by atoms with Crippen molar-refractivity contribution >= 4 is 23.1 Å². The molecule has 1 rings (SSSR count). The smallest absolute Gasteiger partial charge is 1.00 e. The van der Waals surface area contributed by atoms with Gasteiger partial charge in [0.2, 0.25) is 0 Å². The molecule has 0 unspecified atom stereocenters. The Balaban J connectivity index is 0. The molecule has 0 spiro atoms. The Morgan fingerprint density at radius 1 is 1.36 bits per heavy atom. The fraction of sp³-hybridized carbons (Fsp3) is 0.400. The quantitative estimate of drug-likeness (QED) is 0.491. The second kappa shape index (κ2) is 6.64. The molecule has 1 aromatic rings. The maximum atomic E-state index is 13.0. The zero-order valence-electron chi connectivity index (χ0n) is 8.60. The summed E-state index contributed by atoms with van der Waals surface area (Å²) in [5, 5.41) is 0. The van der Waals surface area contributed by atoms with Gasteiger partial charge in [-0.2, -0.15) is 12.1 Å². The molecule has 0 amide bonds. The number of hydrogen-bond donors (Lipinski definition) is 0. The molecular weight excluding hydrogens is 259 g/mol. The normalized spacial score (nSPS) is 9.71. The predicted molar refractivity (Wildman–Crippen MR) is 51.4 cm³/mol. The second-order valence-corrected chi connectivity index (χ2v) is 3.57. The Bertz CT molecular complexity index is 273. The molecule has 0 aliphatic carbocycles. The molecule has 0 aliphatic heterocycles. The predicted octanol–water partition coefficient (Wildman–Crippen LogP) is -0.574. The van der Waals surface area contributed by atoms with E-state index < -0.39 is 0 Å². The van der Waals surface area contributed by atoms with E-state index in [2.05, 4.69) is 6.07 Å². The summed E-state index contributed by atoms with van der Waals surface area (Å²) in [5.41, 5.74) is -0.365. The van der Waals surface area contributed by atoms with E-state index in [4.69, 9.17) is 4.74 Å². The van der Waals surface area contributed by atoms with Crippen molar-refractivity contribution in [1.82, 2.24) is 0 Å². The molecule has 0 heterocycles. The molecule has 1 nitrogen and oxygen atoms in total. The first kappa shape index (κ1) is 16.6. The number of halogens is 2. The second-order valence-electron chi connectivity index (χ2n) is 3.57. The SMILES string of the molecule is CC(C)(C)Oc1c[c-]ccc1F.[Br-].[Mg+2]. The Morgan fingerprint density at radius 2 is 1.93 bits per heavy atom. The van der Waals surface area contributed by atoms with Crippen molar-refractivity contribution in [2.75, 3.05) is 0 Å². The molecule has 0 fully saturated rings. The van der Waals surface area contributed by atoms with E-state index in [0.29, 0.717) is 0 Å². The van der Waals surface area contributed by atoms with E-state index in [1.807, 2.05) is 20.8 Å².